The van der Waals surface area contributed by atoms with E-state index < -0.39 is 0 Å². The lowest BCUT2D eigenvalue weighted by molar-refractivity contribution is 0.0941. The summed E-state index contributed by atoms with van der Waals surface area (Å²) in [6.07, 6.45) is 5.56. The summed E-state index contributed by atoms with van der Waals surface area (Å²) in [6, 6.07) is 0.739. The van der Waals surface area contributed by atoms with Crippen LogP contribution in [-0.2, 0) is 0 Å². The lowest BCUT2D eigenvalue weighted by Crippen LogP contribution is -2.51. The van der Waals surface area contributed by atoms with Gasteiger partial charge in [-0.25, -0.2) is 0 Å². The predicted octanol–water partition coefficient (Wildman–Crippen LogP) is 2.50. The molecule has 2 rings (SSSR count). The Labute approximate surface area is 101 Å². The predicted molar refractivity (Wildman–Crippen MR) is 69.6 cm³/mol. The van der Waals surface area contributed by atoms with Crippen LogP contribution in [0.3, 0.4) is 0 Å². The van der Waals surface area contributed by atoms with Gasteiger partial charge in [-0.1, -0.05) is 20.8 Å². The molecule has 2 aliphatic heterocycles. The minimum absolute atomic E-state index is 0.538. The average Bonchev–Trinajstić information content (AvgIpc) is 2.20. The summed E-state index contributed by atoms with van der Waals surface area (Å²) in [5, 5.41) is 3.70. The van der Waals surface area contributed by atoms with E-state index in [1.54, 1.807) is 0 Å². The highest BCUT2D eigenvalue weighted by Gasteiger charge is 2.29. The third kappa shape index (κ3) is 3.21. The van der Waals surface area contributed by atoms with E-state index in [1.165, 1.54) is 51.9 Å². The Morgan fingerprint density at radius 3 is 2.81 bits per heavy atom. The second-order valence-electron chi connectivity index (χ2n) is 6.68. The van der Waals surface area contributed by atoms with Crippen LogP contribution in [0.4, 0.5) is 0 Å². The fourth-order valence-corrected chi connectivity index (χ4v) is 3.34. The molecule has 94 valence electrons. The summed E-state index contributed by atoms with van der Waals surface area (Å²) in [4.78, 5) is 2.68. The molecule has 2 saturated heterocycles. The Hall–Kier alpha value is -0.0800. The van der Waals surface area contributed by atoms with Crippen molar-refractivity contribution in [3.8, 4) is 0 Å². The van der Waals surface area contributed by atoms with Crippen LogP contribution in [0.1, 0.15) is 46.5 Å². The summed E-state index contributed by atoms with van der Waals surface area (Å²) in [6.45, 7) is 12.3. The molecule has 0 aromatic carbocycles. The molecule has 0 radical (unpaired) electrons. The number of likely N-dealkylation sites (tertiary alicyclic amines) is 1. The van der Waals surface area contributed by atoms with E-state index in [-0.39, 0.29) is 0 Å². The van der Waals surface area contributed by atoms with E-state index >= 15 is 0 Å². The van der Waals surface area contributed by atoms with Crippen LogP contribution in [0.5, 0.6) is 0 Å². The molecule has 0 amide bonds. The SMILES string of the molecule is CC1CCCNC1CN1CCCC(C)(C)C1. The topological polar surface area (TPSA) is 15.3 Å². The van der Waals surface area contributed by atoms with Gasteiger partial charge in [-0.15, -0.1) is 0 Å². The Morgan fingerprint density at radius 1 is 1.31 bits per heavy atom. The number of hydrogen-bond donors (Lipinski definition) is 1. The molecule has 2 aliphatic rings. The standard InChI is InChI=1S/C14H28N2/c1-12-6-4-8-15-13(12)10-16-9-5-7-14(2,3)11-16/h12-13,15H,4-11H2,1-3H3. The van der Waals surface area contributed by atoms with Gasteiger partial charge in [-0.3, -0.25) is 0 Å². The zero-order chi connectivity index (χ0) is 11.6. The molecule has 2 heterocycles. The van der Waals surface area contributed by atoms with E-state index in [9.17, 15) is 0 Å². The maximum atomic E-state index is 3.70. The molecule has 2 fully saturated rings. The van der Waals surface area contributed by atoms with Gasteiger partial charge in [0.25, 0.3) is 0 Å². The first-order chi connectivity index (χ1) is 7.57. The lowest BCUT2D eigenvalue weighted by atomic mass is 9.83. The molecular formula is C14H28N2. The molecule has 2 unspecified atom stereocenters. The van der Waals surface area contributed by atoms with E-state index in [2.05, 4.69) is 31.0 Å². The monoisotopic (exact) mass is 224 g/mol. The highest BCUT2D eigenvalue weighted by molar-refractivity contribution is 4.86. The van der Waals surface area contributed by atoms with Crippen LogP contribution in [0, 0.1) is 11.3 Å². The van der Waals surface area contributed by atoms with Crippen molar-refractivity contribution in [2.24, 2.45) is 11.3 Å². The van der Waals surface area contributed by atoms with Crippen molar-refractivity contribution < 1.29 is 0 Å². The summed E-state index contributed by atoms with van der Waals surface area (Å²) in [7, 11) is 0. The van der Waals surface area contributed by atoms with Crippen LogP contribution in [0.15, 0.2) is 0 Å². The number of nitrogens with one attached hydrogen (secondary N) is 1. The van der Waals surface area contributed by atoms with Crippen LogP contribution in [0.2, 0.25) is 0 Å². The largest absolute Gasteiger partial charge is 0.312 e. The number of nitrogens with zero attached hydrogens (tertiary/aromatic N) is 1. The summed E-state index contributed by atoms with van der Waals surface area (Å²) in [5.74, 6) is 0.860. The molecule has 1 N–H and O–H groups in total. The maximum absolute atomic E-state index is 3.70. The molecule has 2 atom stereocenters. The minimum atomic E-state index is 0.538. The van der Waals surface area contributed by atoms with Crippen molar-refractivity contribution in [2.75, 3.05) is 26.2 Å². The first kappa shape index (κ1) is 12.4. The average molecular weight is 224 g/mol. The van der Waals surface area contributed by atoms with Gasteiger partial charge in [0.2, 0.25) is 0 Å². The lowest BCUT2D eigenvalue weighted by Gasteiger charge is -2.41. The minimum Gasteiger partial charge on any atom is -0.312 e. The second-order valence-corrected chi connectivity index (χ2v) is 6.68. The van der Waals surface area contributed by atoms with Crippen LogP contribution >= 0.6 is 0 Å². The fourth-order valence-electron chi connectivity index (χ4n) is 3.34. The van der Waals surface area contributed by atoms with Gasteiger partial charge in [-0.2, -0.15) is 0 Å². The first-order valence-corrected chi connectivity index (χ1v) is 7.03. The zero-order valence-electron chi connectivity index (χ0n) is 11.3. The summed E-state index contributed by atoms with van der Waals surface area (Å²) >= 11 is 0. The van der Waals surface area contributed by atoms with Crippen LogP contribution < -0.4 is 5.32 Å². The fraction of sp³-hybridized carbons (Fsp3) is 1.00. The number of rotatable bonds is 2. The van der Waals surface area contributed by atoms with Crippen molar-refractivity contribution in [2.45, 2.75) is 52.5 Å². The Bertz CT molecular complexity index is 225. The van der Waals surface area contributed by atoms with Gasteiger partial charge >= 0.3 is 0 Å². The zero-order valence-corrected chi connectivity index (χ0v) is 11.3. The molecule has 0 spiro atoms. The third-order valence-corrected chi connectivity index (χ3v) is 4.36. The van der Waals surface area contributed by atoms with E-state index in [4.69, 9.17) is 0 Å². The van der Waals surface area contributed by atoms with E-state index in [1.807, 2.05) is 0 Å². The van der Waals surface area contributed by atoms with Crippen molar-refractivity contribution in [1.29, 1.82) is 0 Å². The van der Waals surface area contributed by atoms with E-state index in [0.29, 0.717) is 5.41 Å². The quantitative estimate of drug-likeness (QED) is 0.775. The van der Waals surface area contributed by atoms with Crippen LogP contribution in [0.25, 0.3) is 0 Å². The van der Waals surface area contributed by atoms with Gasteiger partial charge in [0.15, 0.2) is 0 Å². The van der Waals surface area contributed by atoms with Crippen molar-refractivity contribution in [3.05, 3.63) is 0 Å². The highest BCUT2D eigenvalue weighted by Crippen LogP contribution is 2.29. The molecule has 0 saturated carbocycles. The van der Waals surface area contributed by atoms with Crippen molar-refractivity contribution in [3.63, 3.8) is 0 Å². The highest BCUT2D eigenvalue weighted by atomic mass is 15.2. The van der Waals surface area contributed by atoms with Crippen LogP contribution in [-0.4, -0.2) is 37.1 Å². The number of piperidine rings is 2. The van der Waals surface area contributed by atoms with Gasteiger partial charge in [0.05, 0.1) is 0 Å². The summed E-state index contributed by atoms with van der Waals surface area (Å²) in [5.41, 5.74) is 0.538. The summed E-state index contributed by atoms with van der Waals surface area (Å²) < 4.78 is 0. The molecular weight excluding hydrogens is 196 g/mol. The molecule has 0 aromatic heterocycles. The molecule has 0 aromatic rings. The van der Waals surface area contributed by atoms with Gasteiger partial charge in [0.1, 0.15) is 0 Å². The number of hydrogen-bond acceptors (Lipinski definition) is 2. The Kier molecular flexibility index (Phi) is 3.91. The molecule has 0 bridgehead atoms. The third-order valence-electron chi connectivity index (χ3n) is 4.36. The second kappa shape index (κ2) is 5.05. The van der Waals surface area contributed by atoms with E-state index in [0.717, 1.165) is 12.0 Å². The first-order valence-electron chi connectivity index (χ1n) is 7.03. The van der Waals surface area contributed by atoms with Gasteiger partial charge in [0, 0.05) is 19.1 Å². The van der Waals surface area contributed by atoms with Gasteiger partial charge in [-0.05, 0) is 50.1 Å². The Morgan fingerprint density at radius 2 is 2.12 bits per heavy atom. The van der Waals surface area contributed by atoms with Crippen molar-refractivity contribution in [1.82, 2.24) is 10.2 Å². The normalized spacial score (nSPS) is 36.2. The van der Waals surface area contributed by atoms with Gasteiger partial charge < -0.3 is 10.2 Å². The molecule has 2 nitrogen and oxygen atoms in total. The maximum Gasteiger partial charge on any atom is 0.0220 e. The smallest absolute Gasteiger partial charge is 0.0220 e. The molecule has 2 heteroatoms. The Balaban J connectivity index is 1.84. The van der Waals surface area contributed by atoms with Crippen molar-refractivity contribution >= 4 is 0 Å². The molecule has 16 heavy (non-hydrogen) atoms. The molecule has 0 aliphatic carbocycles.